The first kappa shape index (κ1) is 12.1. The molecule has 100 valence electrons. The van der Waals surface area contributed by atoms with Crippen LogP contribution in [-0.2, 0) is 6.42 Å². The maximum absolute atomic E-state index is 4.58. The first-order valence-corrected chi connectivity index (χ1v) is 6.68. The van der Waals surface area contributed by atoms with Gasteiger partial charge >= 0.3 is 0 Å². The van der Waals surface area contributed by atoms with E-state index in [0.717, 1.165) is 50.8 Å². The predicted octanol–water partition coefficient (Wildman–Crippen LogP) is 0.590. The van der Waals surface area contributed by atoms with Gasteiger partial charge in [0.2, 0.25) is 5.95 Å². The number of aromatic amines is 1. The molecule has 0 aliphatic carbocycles. The fraction of sp³-hybridized carbons (Fsp3) is 0.462. The van der Waals surface area contributed by atoms with E-state index in [1.54, 1.807) is 12.4 Å². The van der Waals surface area contributed by atoms with Crippen LogP contribution in [0.25, 0.3) is 0 Å². The topological polar surface area (TPSA) is 69.7 Å². The van der Waals surface area contributed by atoms with Crippen molar-refractivity contribution in [1.82, 2.24) is 25.5 Å². The quantitative estimate of drug-likeness (QED) is 0.843. The zero-order valence-corrected chi connectivity index (χ0v) is 10.8. The van der Waals surface area contributed by atoms with Gasteiger partial charge in [-0.15, -0.1) is 5.10 Å². The van der Waals surface area contributed by atoms with Gasteiger partial charge in [0.15, 0.2) is 0 Å². The van der Waals surface area contributed by atoms with E-state index in [4.69, 9.17) is 0 Å². The molecule has 19 heavy (non-hydrogen) atoms. The molecule has 6 nitrogen and oxygen atoms in total. The number of hydrogen-bond acceptors (Lipinski definition) is 5. The van der Waals surface area contributed by atoms with Gasteiger partial charge in [-0.3, -0.25) is 10.1 Å². The Kier molecular flexibility index (Phi) is 3.69. The number of aromatic nitrogens is 4. The summed E-state index contributed by atoms with van der Waals surface area (Å²) in [5, 5.41) is 10.7. The number of hydrogen-bond donors (Lipinski definition) is 2. The highest BCUT2D eigenvalue weighted by molar-refractivity contribution is 5.30. The van der Waals surface area contributed by atoms with Crippen LogP contribution in [0.2, 0.25) is 0 Å². The van der Waals surface area contributed by atoms with Crippen LogP contribution in [0.5, 0.6) is 0 Å². The summed E-state index contributed by atoms with van der Waals surface area (Å²) < 4.78 is 0. The summed E-state index contributed by atoms with van der Waals surface area (Å²) >= 11 is 0. The average molecular weight is 258 g/mol. The Morgan fingerprint density at radius 1 is 1.16 bits per heavy atom. The highest BCUT2D eigenvalue weighted by Crippen LogP contribution is 2.11. The van der Waals surface area contributed by atoms with Crippen LogP contribution in [0, 0.1) is 0 Å². The van der Waals surface area contributed by atoms with Crippen LogP contribution < -0.4 is 10.2 Å². The van der Waals surface area contributed by atoms with Gasteiger partial charge in [0.25, 0.3) is 0 Å². The molecule has 1 saturated heterocycles. The van der Waals surface area contributed by atoms with E-state index in [0.29, 0.717) is 0 Å². The van der Waals surface area contributed by atoms with Crippen molar-refractivity contribution in [2.75, 3.05) is 31.1 Å². The Bertz CT molecular complexity index is 501. The molecule has 1 fully saturated rings. The van der Waals surface area contributed by atoms with Crippen LogP contribution in [-0.4, -0.2) is 46.3 Å². The normalized spacial score (nSPS) is 16.3. The van der Waals surface area contributed by atoms with Crippen molar-refractivity contribution in [2.24, 2.45) is 0 Å². The molecule has 2 aromatic rings. The van der Waals surface area contributed by atoms with E-state index >= 15 is 0 Å². The van der Waals surface area contributed by atoms with E-state index in [1.807, 2.05) is 12.1 Å². The monoisotopic (exact) mass is 258 g/mol. The standard InChI is InChI=1S/C13H18N6/c1-4-14-7-9-19(8-1)13-16-12(17-18-13)10-11-2-5-15-6-3-11/h2-3,5-6,14H,1,4,7-10H2,(H,16,17,18). The zero-order chi connectivity index (χ0) is 12.9. The van der Waals surface area contributed by atoms with Gasteiger partial charge < -0.3 is 10.2 Å². The largest absolute Gasteiger partial charge is 0.338 e. The van der Waals surface area contributed by atoms with Gasteiger partial charge in [0, 0.05) is 38.4 Å². The lowest BCUT2D eigenvalue weighted by Crippen LogP contribution is -2.28. The second kappa shape index (κ2) is 5.79. The Morgan fingerprint density at radius 2 is 2.05 bits per heavy atom. The maximum Gasteiger partial charge on any atom is 0.244 e. The number of nitrogens with zero attached hydrogens (tertiary/aromatic N) is 4. The summed E-state index contributed by atoms with van der Waals surface area (Å²) in [6, 6.07) is 4.00. The van der Waals surface area contributed by atoms with Crippen molar-refractivity contribution >= 4 is 5.95 Å². The zero-order valence-electron chi connectivity index (χ0n) is 10.8. The minimum atomic E-state index is 0.765. The third kappa shape index (κ3) is 3.08. The molecule has 3 heterocycles. The minimum Gasteiger partial charge on any atom is -0.338 e. The highest BCUT2D eigenvalue weighted by Gasteiger charge is 2.14. The van der Waals surface area contributed by atoms with Crippen LogP contribution in [0.4, 0.5) is 5.95 Å². The molecule has 0 radical (unpaired) electrons. The SMILES string of the molecule is c1cc(Cc2nc(N3CCCNCC3)n[nH]2)ccn1. The predicted molar refractivity (Wildman–Crippen MR) is 73.1 cm³/mol. The molecule has 1 aliphatic rings. The van der Waals surface area contributed by atoms with Gasteiger partial charge in [-0.2, -0.15) is 4.98 Å². The lowest BCUT2D eigenvalue weighted by molar-refractivity contribution is 0.724. The Morgan fingerprint density at radius 3 is 2.95 bits per heavy atom. The third-order valence-corrected chi connectivity index (χ3v) is 3.26. The van der Waals surface area contributed by atoms with Crippen LogP contribution in [0.3, 0.4) is 0 Å². The van der Waals surface area contributed by atoms with Crippen LogP contribution in [0.15, 0.2) is 24.5 Å². The van der Waals surface area contributed by atoms with Gasteiger partial charge in [-0.05, 0) is 30.7 Å². The van der Waals surface area contributed by atoms with Gasteiger partial charge in [0.05, 0.1) is 0 Å². The molecule has 2 N–H and O–H groups in total. The third-order valence-electron chi connectivity index (χ3n) is 3.26. The van der Waals surface area contributed by atoms with Crippen molar-refractivity contribution in [1.29, 1.82) is 0 Å². The molecule has 6 heteroatoms. The number of anilines is 1. The molecule has 0 aromatic carbocycles. The second-order valence-corrected chi connectivity index (χ2v) is 4.70. The summed E-state index contributed by atoms with van der Waals surface area (Å²) in [4.78, 5) is 10.8. The fourth-order valence-corrected chi connectivity index (χ4v) is 2.25. The number of nitrogens with one attached hydrogen (secondary N) is 2. The number of pyridine rings is 1. The van der Waals surface area contributed by atoms with E-state index in [9.17, 15) is 0 Å². The summed E-state index contributed by atoms with van der Waals surface area (Å²) in [6.45, 7) is 4.05. The van der Waals surface area contributed by atoms with Crippen LogP contribution >= 0.6 is 0 Å². The Balaban J connectivity index is 1.68. The summed E-state index contributed by atoms with van der Waals surface area (Å²) in [5.74, 6) is 1.71. The molecular weight excluding hydrogens is 240 g/mol. The summed E-state index contributed by atoms with van der Waals surface area (Å²) in [6.07, 6.45) is 5.50. The minimum absolute atomic E-state index is 0.765. The fourth-order valence-electron chi connectivity index (χ4n) is 2.25. The van der Waals surface area contributed by atoms with Crippen molar-refractivity contribution in [3.63, 3.8) is 0 Å². The molecule has 0 spiro atoms. The average Bonchev–Trinajstić information content (AvgIpc) is 2.74. The van der Waals surface area contributed by atoms with Gasteiger partial charge in [0.1, 0.15) is 5.82 Å². The smallest absolute Gasteiger partial charge is 0.244 e. The lowest BCUT2D eigenvalue weighted by Gasteiger charge is -2.16. The van der Waals surface area contributed by atoms with Gasteiger partial charge in [-0.1, -0.05) is 0 Å². The maximum atomic E-state index is 4.58. The van der Waals surface area contributed by atoms with Crippen molar-refractivity contribution in [3.8, 4) is 0 Å². The molecular formula is C13H18N6. The summed E-state index contributed by atoms with van der Waals surface area (Å²) in [5.41, 5.74) is 1.19. The number of rotatable bonds is 3. The van der Waals surface area contributed by atoms with Gasteiger partial charge in [-0.25, -0.2) is 0 Å². The second-order valence-electron chi connectivity index (χ2n) is 4.70. The van der Waals surface area contributed by atoms with Crippen LogP contribution in [0.1, 0.15) is 17.8 Å². The molecule has 0 saturated carbocycles. The lowest BCUT2D eigenvalue weighted by atomic mass is 10.2. The molecule has 0 bridgehead atoms. The van der Waals surface area contributed by atoms with Crippen molar-refractivity contribution < 1.29 is 0 Å². The first-order valence-electron chi connectivity index (χ1n) is 6.68. The molecule has 2 aromatic heterocycles. The van der Waals surface area contributed by atoms with Crippen molar-refractivity contribution in [3.05, 3.63) is 35.9 Å². The molecule has 3 rings (SSSR count). The first-order chi connectivity index (χ1) is 9.42. The van der Waals surface area contributed by atoms with E-state index in [1.165, 1.54) is 5.56 Å². The van der Waals surface area contributed by atoms with E-state index in [-0.39, 0.29) is 0 Å². The number of H-pyrrole nitrogens is 1. The summed E-state index contributed by atoms with van der Waals surface area (Å²) in [7, 11) is 0. The molecule has 0 atom stereocenters. The highest BCUT2D eigenvalue weighted by atomic mass is 15.4. The van der Waals surface area contributed by atoms with Crippen molar-refractivity contribution in [2.45, 2.75) is 12.8 Å². The molecule has 0 unspecified atom stereocenters. The van der Waals surface area contributed by atoms with E-state index in [2.05, 4.69) is 30.4 Å². The van der Waals surface area contributed by atoms with E-state index < -0.39 is 0 Å². The molecule has 1 aliphatic heterocycles. The molecule has 0 amide bonds. The Hall–Kier alpha value is -1.95. The Labute approximate surface area is 112 Å².